The van der Waals surface area contributed by atoms with Crippen molar-refractivity contribution in [2.24, 2.45) is 0 Å². The zero-order valence-electron chi connectivity index (χ0n) is 13.5. The van der Waals surface area contributed by atoms with Crippen molar-refractivity contribution in [3.63, 3.8) is 0 Å². The lowest BCUT2D eigenvalue weighted by molar-refractivity contribution is 0.745. The minimum Gasteiger partial charge on any atom is -0.370 e. The van der Waals surface area contributed by atoms with Gasteiger partial charge in [-0.3, -0.25) is 0 Å². The minimum absolute atomic E-state index is 0.563. The van der Waals surface area contributed by atoms with Crippen LogP contribution in [-0.2, 0) is 6.42 Å². The fourth-order valence-electron chi connectivity index (χ4n) is 2.85. The third-order valence-corrected chi connectivity index (χ3v) is 4.98. The normalized spacial score (nSPS) is 21.5. The van der Waals surface area contributed by atoms with Crippen LogP contribution >= 0.6 is 11.8 Å². The van der Waals surface area contributed by atoms with Gasteiger partial charge in [0.15, 0.2) is 0 Å². The molecule has 118 valence electrons. The van der Waals surface area contributed by atoms with Gasteiger partial charge in [0.1, 0.15) is 17.5 Å². The number of rotatable bonds is 8. The van der Waals surface area contributed by atoms with Gasteiger partial charge in [-0.25, -0.2) is 9.97 Å². The van der Waals surface area contributed by atoms with Crippen molar-refractivity contribution >= 4 is 23.4 Å². The van der Waals surface area contributed by atoms with Crippen LogP contribution in [0.4, 0.5) is 11.6 Å². The van der Waals surface area contributed by atoms with E-state index in [2.05, 4.69) is 53.1 Å². The van der Waals surface area contributed by atoms with Crippen LogP contribution in [-0.4, -0.2) is 33.6 Å². The summed E-state index contributed by atoms with van der Waals surface area (Å²) in [6, 6.07) is 2.61. The highest BCUT2D eigenvalue weighted by molar-refractivity contribution is 7.99. The van der Waals surface area contributed by atoms with Gasteiger partial charge in [0, 0.05) is 30.3 Å². The third kappa shape index (κ3) is 5.06. The summed E-state index contributed by atoms with van der Waals surface area (Å²) in [5.74, 6) is 4.08. The number of anilines is 2. The van der Waals surface area contributed by atoms with Crippen molar-refractivity contribution in [3.8, 4) is 0 Å². The Hall–Kier alpha value is -0.970. The summed E-state index contributed by atoms with van der Waals surface area (Å²) in [5.41, 5.74) is 0. The molecule has 1 aromatic heterocycles. The molecule has 0 amide bonds. The Morgan fingerprint density at radius 2 is 2.00 bits per heavy atom. The Balaban J connectivity index is 2.01. The molecular formula is C16H28N4S. The van der Waals surface area contributed by atoms with Gasteiger partial charge in [0.05, 0.1) is 0 Å². The van der Waals surface area contributed by atoms with Crippen LogP contribution in [0.1, 0.15) is 52.3 Å². The molecule has 2 N–H and O–H groups in total. The van der Waals surface area contributed by atoms with Gasteiger partial charge in [0.25, 0.3) is 0 Å². The molecule has 1 fully saturated rings. The summed E-state index contributed by atoms with van der Waals surface area (Å²) in [6.07, 6.45) is 5.84. The molecule has 0 aromatic carbocycles. The van der Waals surface area contributed by atoms with E-state index in [9.17, 15) is 0 Å². The van der Waals surface area contributed by atoms with E-state index in [0.29, 0.717) is 6.04 Å². The maximum absolute atomic E-state index is 4.67. The molecule has 0 bridgehead atoms. The molecule has 1 heterocycles. The van der Waals surface area contributed by atoms with Gasteiger partial charge >= 0.3 is 0 Å². The van der Waals surface area contributed by atoms with E-state index in [1.165, 1.54) is 25.0 Å². The molecular weight excluding hydrogens is 280 g/mol. The second kappa shape index (κ2) is 8.47. The minimum atomic E-state index is 0.563. The van der Waals surface area contributed by atoms with Crippen LogP contribution < -0.4 is 10.6 Å². The van der Waals surface area contributed by atoms with Crippen molar-refractivity contribution in [3.05, 3.63) is 11.9 Å². The van der Waals surface area contributed by atoms with Crippen LogP contribution in [0, 0.1) is 0 Å². The van der Waals surface area contributed by atoms with Gasteiger partial charge in [-0.1, -0.05) is 13.8 Å². The molecule has 0 saturated heterocycles. The average Bonchev–Trinajstić information content (AvgIpc) is 2.87. The van der Waals surface area contributed by atoms with Gasteiger partial charge in [-0.05, 0) is 38.4 Å². The molecule has 0 aliphatic heterocycles. The lowest BCUT2D eigenvalue weighted by atomic mass is 10.2. The fraction of sp³-hybridized carbons (Fsp3) is 0.750. The van der Waals surface area contributed by atoms with Crippen molar-refractivity contribution in [2.75, 3.05) is 22.9 Å². The summed E-state index contributed by atoms with van der Waals surface area (Å²) in [4.78, 5) is 9.24. The predicted molar refractivity (Wildman–Crippen MR) is 93.4 cm³/mol. The first-order chi connectivity index (χ1) is 10.2. The van der Waals surface area contributed by atoms with Crippen LogP contribution in [0.25, 0.3) is 0 Å². The average molecular weight is 308 g/mol. The number of aryl methyl sites for hydroxylation is 1. The quantitative estimate of drug-likeness (QED) is 0.761. The lowest BCUT2D eigenvalue weighted by Gasteiger charge is -2.15. The summed E-state index contributed by atoms with van der Waals surface area (Å²) in [7, 11) is 0. The molecule has 1 aromatic rings. The largest absolute Gasteiger partial charge is 0.370 e. The van der Waals surface area contributed by atoms with Crippen LogP contribution in [0.15, 0.2) is 6.07 Å². The Morgan fingerprint density at radius 1 is 1.19 bits per heavy atom. The smallest absolute Gasteiger partial charge is 0.133 e. The van der Waals surface area contributed by atoms with E-state index in [-0.39, 0.29) is 0 Å². The third-order valence-electron chi connectivity index (χ3n) is 3.74. The molecule has 1 aliphatic carbocycles. The van der Waals surface area contributed by atoms with Crippen molar-refractivity contribution in [1.29, 1.82) is 0 Å². The SMILES string of the molecule is CCCc1nc(NCC)cc(NC2CCC(SCC)C2)n1. The van der Waals surface area contributed by atoms with Gasteiger partial charge in [-0.15, -0.1) is 0 Å². The first kappa shape index (κ1) is 16.4. The highest BCUT2D eigenvalue weighted by Gasteiger charge is 2.24. The number of hydrogen-bond acceptors (Lipinski definition) is 5. The molecule has 2 unspecified atom stereocenters. The topological polar surface area (TPSA) is 49.8 Å². The molecule has 2 rings (SSSR count). The molecule has 5 heteroatoms. The first-order valence-corrected chi connectivity index (χ1v) is 9.30. The number of aromatic nitrogens is 2. The fourth-order valence-corrected chi connectivity index (χ4v) is 3.99. The number of nitrogens with one attached hydrogen (secondary N) is 2. The first-order valence-electron chi connectivity index (χ1n) is 8.25. The zero-order chi connectivity index (χ0) is 15.1. The van der Waals surface area contributed by atoms with Crippen molar-refractivity contribution < 1.29 is 0 Å². The highest BCUT2D eigenvalue weighted by atomic mass is 32.2. The van der Waals surface area contributed by atoms with Crippen LogP contribution in [0.5, 0.6) is 0 Å². The van der Waals surface area contributed by atoms with Gasteiger partial charge < -0.3 is 10.6 Å². The van der Waals surface area contributed by atoms with E-state index in [4.69, 9.17) is 0 Å². The maximum Gasteiger partial charge on any atom is 0.133 e. The van der Waals surface area contributed by atoms with Crippen LogP contribution in [0.2, 0.25) is 0 Å². The predicted octanol–water partition coefficient (Wildman–Crippen LogP) is 3.95. The number of nitrogens with zero attached hydrogens (tertiary/aromatic N) is 2. The zero-order valence-corrected chi connectivity index (χ0v) is 14.3. The molecule has 2 atom stereocenters. The Labute approximate surface area is 132 Å². The molecule has 1 aliphatic rings. The van der Waals surface area contributed by atoms with Gasteiger partial charge in [-0.2, -0.15) is 11.8 Å². The molecule has 4 nitrogen and oxygen atoms in total. The number of thioether (sulfide) groups is 1. The Bertz CT molecular complexity index is 414. The van der Waals surface area contributed by atoms with E-state index >= 15 is 0 Å². The Morgan fingerprint density at radius 3 is 2.71 bits per heavy atom. The molecule has 0 radical (unpaired) electrons. The van der Waals surface area contributed by atoms with E-state index < -0.39 is 0 Å². The van der Waals surface area contributed by atoms with E-state index in [1.54, 1.807) is 0 Å². The van der Waals surface area contributed by atoms with Crippen molar-refractivity contribution in [2.45, 2.75) is 64.2 Å². The van der Waals surface area contributed by atoms with Crippen LogP contribution in [0.3, 0.4) is 0 Å². The second-order valence-electron chi connectivity index (χ2n) is 5.57. The number of hydrogen-bond donors (Lipinski definition) is 2. The van der Waals surface area contributed by atoms with Crippen molar-refractivity contribution in [1.82, 2.24) is 9.97 Å². The molecule has 0 spiro atoms. The monoisotopic (exact) mass is 308 g/mol. The standard InChI is InChI=1S/C16H28N4S/c1-4-7-14-19-15(17-5-2)11-16(20-14)18-12-8-9-13(10-12)21-6-3/h11-13H,4-10H2,1-3H3,(H2,17,18,19,20). The summed E-state index contributed by atoms with van der Waals surface area (Å²) in [5, 5.41) is 7.75. The summed E-state index contributed by atoms with van der Waals surface area (Å²) in [6.45, 7) is 7.40. The van der Waals surface area contributed by atoms with Gasteiger partial charge in [0.2, 0.25) is 0 Å². The maximum atomic E-state index is 4.67. The Kier molecular flexibility index (Phi) is 6.61. The lowest BCUT2D eigenvalue weighted by Crippen LogP contribution is -2.18. The van der Waals surface area contributed by atoms with E-state index in [0.717, 1.165) is 42.1 Å². The second-order valence-corrected chi connectivity index (χ2v) is 7.14. The highest BCUT2D eigenvalue weighted by Crippen LogP contribution is 2.31. The molecule has 21 heavy (non-hydrogen) atoms. The molecule has 1 saturated carbocycles. The van der Waals surface area contributed by atoms with E-state index in [1.807, 2.05) is 6.07 Å². The summed E-state index contributed by atoms with van der Waals surface area (Å²) >= 11 is 2.09. The summed E-state index contributed by atoms with van der Waals surface area (Å²) < 4.78 is 0.